The van der Waals surface area contributed by atoms with Gasteiger partial charge in [-0.2, -0.15) is 0 Å². The van der Waals surface area contributed by atoms with Gasteiger partial charge >= 0.3 is 5.97 Å². The third kappa shape index (κ3) is 4.32. The maximum Gasteiger partial charge on any atom is 0.322 e. The molecule has 1 amide bonds. The van der Waals surface area contributed by atoms with Gasteiger partial charge in [0, 0.05) is 49.6 Å². The molecule has 220 valence electrons. The van der Waals surface area contributed by atoms with Crippen LogP contribution in [0, 0.1) is 11.3 Å². The number of para-hydroxylation sites is 1. The SMILES string of the molecule is COC(=O)[C@]12C[C@H]3[C@H](N(Cc4ccccc4)CC[C@H]3O[Si](C)(C)C(C)(C)C)[C@]1(CC=O)c1ccccc1N(C)C2=O. The second-order valence-electron chi connectivity index (χ2n) is 13.6. The van der Waals surface area contributed by atoms with Crippen molar-refractivity contribution in [3.63, 3.8) is 0 Å². The van der Waals surface area contributed by atoms with Crippen molar-refractivity contribution in [3.05, 3.63) is 65.7 Å². The zero-order chi connectivity index (χ0) is 29.8. The van der Waals surface area contributed by atoms with E-state index >= 15 is 0 Å². The van der Waals surface area contributed by atoms with E-state index in [1.54, 1.807) is 11.9 Å². The minimum Gasteiger partial charge on any atom is -0.468 e. The molecule has 7 nitrogen and oxygen atoms in total. The summed E-state index contributed by atoms with van der Waals surface area (Å²) in [6.45, 7) is 12.6. The molecule has 0 bridgehead atoms. The summed E-state index contributed by atoms with van der Waals surface area (Å²) in [7, 11) is 0.876. The lowest BCUT2D eigenvalue weighted by Crippen LogP contribution is -2.67. The number of benzene rings is 2. The number of likely N-dealkylation sites (tertiary alicyclic amines) is 1. The Balaban J connectivity index is 1.77. The van der Waals surface area contributed by atoms with Crippen molar-refractivity contribution in [2.75, 3.05) is 25.6 Å². The van der Waals surface area contributed by atoms with Gasteiger partial charge in [-0.05, 0) is 48.2 Å². The maximum atomic E-state index is 14.6. The van der Waals surface area contributed by atoms with Crippen LogP contribution in [0.4, 0.5) is 5.69 Å². The molecule has 0 radical (unpaired) electrons. The van der Waals surface area contributed by atoms with Gasteiger partial charge in [-0.1, -0.05) is 69.3 Å². The number of rotatable bonds is 7. The van der Waals surface area contributed by atoms with E-state index in [-0.39, 0.29) is 41.9 Å². The van der Waals surface area contributed by atoms with Gasteiger partial charge in [-0.15, -0.1) is 0 Å². The second-order valence-corrected chi connectivity index (χ2v) is 18.4. The highest BCUT2D eigenvalue weighted by atomic mass is 28.4. The molecule has 0 aromatic heterocycles. The monoisotopic (exact) mass is 576 g/mol. The number of amides is 1. The van der Waals surface area contributed by atoms with E-state index in [4.69, 9.17) is 9.16 Å². The number of fused-ring (bicyclic) bond motifs is 5. The number of methoxy groups -OCH3 is 1. The summed E-state index contributed by atoms with van der Waals surface area (Å²) < 4.78 is 12.6. The smallest absolute Gasteiger partial charge is 0.322 e. The number of piperidine rings is 1. The van der Waals surface area contributed by atoms with Gasteiger partial charge in [0.1, 0.15) is 6.29 Å². The lowest BCUT2D eigenvalue weighted by Gasteiger charge is -2.55. The van der Waals surface area contributed by atoms with E-state index in [1.165, 1.54) is 7.11 Å². The first kappa shape index (κ1) is 29.7. The van der Waals surface area contributed by atoms with Gasteiger partial charge < -0.3 is 18.9 Å². The highest BCUT2D eigenvalue weighted by Crippen LogP contribution is 2.67. The molecule has 1 aliphatic carbocycles. The molecule has 1 saturated heterocycles. The minimum atomic E-state index is -2.20. The van der Waals surface area contributed by atoms with Crippen LogP contribution < -0.4 is 4.90 Å². The first-order valence-electron chi connectivity index (χ1n) is 14.7. The van der Waals surface area contributed by atoms with Gasteiger partial charge in [0.2, 0.25) is 5.91 Å². The van der Waals surface area contributed by atoms with E-state index in [0.717, 1.165) is 36.1 Å². The average Bonchev–Trinajstić information content (AvgIpc) is 3.26. The number of carbonyl (C=O) groups excluding carboxylic acids is 3. The van der Waals surface area contributed by atoms with Crippen molar-refractivity contribution < 1.29 is 23.5 Å². The van der Waals surface area contributed by atoms with Gasteiger partial charge in [0.25, 0.3) is 0 Å². The number of hydrogen-bond donors (Lipinski definition) is 0. The Morgan fingerprint density at radius 3 is 2.39 bits per heavy atom. The van der Waals surface area contributed by atoms with Gasteiger partial charge in [0.05, 0.1) is 13.2 Å². The van der Waals surface area contributed by atoms with Crippen LogP contribution in [-0.2, 0) is 35.5 Å². The van der Waals surface area contributed by atoms with Crippen LogP contribution in [0.5, 0.6) is 0 Å². The Morgan fingerprint density at radius 2 is 1.76 bits per heavy atom. The molecular weight excluding hydrogens is 532 g/mol. The Hall–Kier alpha value is -2.81. The topological polar surface area (TPSA) is 76.2 Å². The number of aldehydes is 1. The molecule has 3 aliphatic rings. The lowest BCUT2D eigenvalue weighted by molar-refractivity contribution is -0.164. The molecule has 0 N–H and O–H groups in total. The molecule has 5 atom stereocenters. The standard InChI is InChI=1S/C33H44N2O5Si/c1-31(2,3)41(6,7)40-27-17-19-35(22-23-13-9-8-10-14-23)28-24(27)21-33(30(38)39-5)29(37)34(4)26-16-12-11-15-25(26)32(28,33)18-20-36/h8-16,20,24,27-28H,17-19,21-22H2,1-7H3/t24-,27-,28+,32+,33-/m1/s1. The summed E-state index contributed by atoms with van der Waals surface area (Å²) in [5.41, 5.74) is 0.107. The zero-order valence-corrected chi connectivity index (χ0v) is 26.5. The van der Waals surface area contributed by atoms with Gasteiger partial charge in [-0.3, -0.25) is 14.5 Å². The molecule has 2 heterocycles. The molecule has 2 aliphatic heterocycles. The van der Waals surface area contributed by atoms with Crippen LogP contribution in [0.2, 0.25) is 18.1 Å². The van der Waals surface area contributed by atoms with E-state index in [0.29, 0.717) is 6.54 Å². The molecule has 1 saturated carbocycles. The molecular formula is C33H44N2O5Si. The largest absolute Gasteiger partial charge is 0.468 e. The van der Waals surface area contributed by atoms with Crippen molar-refractivity contribution in [2.24, 2.45) is 11.3 Å². The lowest BCUT2D eigenvalue weighted by atomic mass is 9.55. The fraction of sp³-hybridized carbons (Fsp3) is 0.545. The first-order chi connectivity index (χ1) is 19.4. The molecule has 0 spiro atoms. The van der Waals surface area contributed by atoms with E-state index < -0.39 is 25.1 Å². The molecule has 5 rings (SSSR count). The molecule has 2 aromatic rings. The Kier molecular flexibility index (Phi) is 7.58. The summed E-state index contributed by atoms with van der Waals surface area (Å²) in [5.74, 6) is -1.01. The number of nitrogens with zero attached hydrogens (tertiary/aromatic N) is 2. The fourth-order valence-corrected chi connectivity index (χ4v) is 9.20. The number of ether oxygens (including phenoxy) is 1. The fourth-order valence-electron chi connectivity index (χ4n) is 7.80. The van der Waals surface area contributed by atoms with Gasteiger partial charge in [-0.25, -0.2) is 0 Å². The van der Waals surface area contributed by atoms with Crippen LogP contribution in [0.15, 0.2) is 54.6 Å². The quantitative estimate of drug-likeness (QED) is 0.192. The molecule has 2 aromatic carbocycles. The Morgan fingerprint density at radius 1 is 1.10 bits per heavy atom. The maximum absolute atomic E-state index is 14.6. The highest BCUT2D eigenvalue weighted by molar-refractivity contribution is 6.74. The zero-order valence-electron chi connectivity index (χ0n) is 25.5. The van der Waals surface area contributed by atoms with Crippen LogP contribution in [0.1, 0.15) is 51.2 Å². The molecule has 41 heavy (non-hydrogen) atoms. The summed E-state index contributed by atoms with van der Waals surface area (Å²) in [5, 5.41) is -0.00180. The van der Waals surface area contributed by atoms with Crippen LogP contribution in [-0.4, -0.2) is 64.2 Å². The molecule has 8 heteroatoms. The normalized spacial score (nSPS) is 29.9. The number of hydrogen-bond acceptors (Lipinski definition) is 6. The predicted molar refractivity (Wildman–Crippen MR) is 162 cm³/mol. The predicted octanol–water partition coefficient (Wildman–Crippen LogP) is 5.33. The third-order valence-corrected chi connectivity index (χ3v) is 15.1. The molecule has 2 fully saturated rings. The average molecular weight is 577 g/mol. The number of anilines is 1. The van der Waals surface area contributed by atoms with E-state index in [2.05, 4.69) is 50.9 Å². The number of esters is 1. The van der Waals surface area contributed by atoms with Crippen LogP contribution in [0.3, 0.4) is 0 Å². The van der Waals surface area contributed by atoms with Crippen LogP contribution in [0.25, 0.3) is 0 Å². The summed E-state index contributed by atoms with van der Waals surface area (Å²) in [4.78, 5) is 45.5. The van der Waals surface area contributed by atoms with E-state index in [9.17, 15) is 14.4 Å². The number of carbonyl (C=O) groups is 3. The Labute approximate surface area is 245 Å². The van der Waals surface area contributed by atoms with Gasteiger partial charge in [0.15, 0.2) is 13.7 Å². The highest BCUT2D eigenvalue weighted by Gasteiger charge is 2.77. The third-order valence-electron chi connectivity index (χ3n) is 10.6. The van der Waals surface area contributed by atoms with Crippen molar-refractivity contribution in [2.45, 2.75) is 82.3 Å². The molecule has 0 unspecified atom stereocenters. The summed E-state index contributed by atoms with van der Waals surface area (Å²) in [6, 6.07) is 17.8. The van der Waals surface area contributed by atoms with Crippen molar-refractivity contribution in [3.8, 4) is 0 Å². The second kappa shape index (κ2) is 10.5. The van der Waals surface area contributed by atoms with Crippen molar-refractivity contribution in [1.82, 2.24) is 4.90 Å². The van der Waals surface area contributed by atoms with Crippen LogP contribution >= 0.6 is 0 Å². The minimum absolute atomic E-state index is 0.00180. The first-order valence-corrected chi connectivity index (χ1v) is 17.6. The summed E-state index contributed by atoms with van der Waals surface area (Å²) >= 11 is 0. The Bertz CT molecular complexity index is 1320. The summed E-state index contributed by atoms with van der Waals surface area (Å²) in [6.07, 6.45) is 1.86. The van der Waals surface area contributed by atoms with E-state index in [1.807, 2.05) is 42.5 Å². The van der Waals surface area contributed by atoms with Crippen molar-refractivity contribution >= 4 is 32.2 Å². The van der Waals surface area contributed by atoms with Crippen molar-refractivity contribution in [1.29, 1.82) is 0 Å².